The first-order valence-corrected chi connectivity index (χ1v) is 5.57. The van der Waals surface area contributed by atoms with Crippen LogP contribution in [0.3, 0.4) is 0 Å². The largest absolute Gasteiger partial charge is 0.494 e. The molecule has 1 heterocycles. The first-order valence-electron chi connectivity index (χ1n) is 5.16. The molecule has 0 atom stereocenters. The first-order chi connectivity index (χ1) is 9.06. The summed E-state index contributed by atoms with van der Waals surface area (Å²) in [6.45, 7) is 0. The number of hydrazone groups is 1. The van der Waals surface area contributed by atoms with Gasteiger partial charge >= 0.3 is 0 Å². The average Bonchev–Trinajstić information content (AvgIpc) is 2.34. The Morgan fingerprint density at radius 1 is 1.32 bits per heavy atom. The number of nitrogens with zero attached hydrogens (tertiary/aromatic N) is 1. The Kier molecular flexibility index (Phi) is 3.71. The van der Waals surface area contributed by atoms with E-state index in [1.807, 2.05) is 0 Å². The maximum atomic E-state index is 12.7. The number of rotatable bonds is 3. The number of hydrogen-bond acceptors (Lipinski definition) is 5. The van der Waals surface area contributed by atoms with Crippen LogP contribution in [0.5, 0.6) is 5.88 Å². The molecule has 19 heavy (non-hydrogen) atoms. The Hall–Kier alpha value is -2.48. The number of aromatic hydroxyl groups is 1. The standard InChI is InChI=1S/C11H9FN4O2S/c12-6-1-3-7(4-2-6)16-13-5-8-9(17)14-11(19)15-10(8)18/h1-5,16H,(H3,14,15,17,18,19)/b13-5+. The van der Waals surface area contributed by atoms with Crippen LogP contribution in [0, 0.1) is 10.6 Å². The molecule has 6 nitrogen and oxygen atoms in total. The Balaban J connectivity index is 2.18. The molecule has 0 radical (unpaired) electrons. The van der Waals surface area contributed by atoms with E-state index in [2.05, 4.69) is 32.7 Å². The molecule has 0 fully saturated rings. The summed E-state index contributed by atoms with van der Waals surface area (Å²) in [7, 11) is 0. The molecule has 0 aliphatic carbocycles. The number of anilines is 1. The fourth-order valence-electron chi connectivity index (χ4n) is 1.30. The van der Waals surface area contributed by atoms with E-state index >= 15 is 0 Å². The van der Waals surface area contributed by atoms with E-state index in [9.17, 15) is 14.3 Å². The first kappa shape index (κ1) is 13.0. The van der Waals surface area contributed by atoms with Crippen LogP contribution in [0.15, 0.2) is 34.2 Å². The quantitative estimate of drug-likeness (QED) is 0.391. The van der Waals surface area contributed by atoms with E-state index in [1.165, 1.54) is 24.3 Å². The molecule has 0 aliphatic rings. The predicted octanol–water partition coefficient (Wildman–Crippen LogP) is 1.72. The van der Waals surface area contributed by atoms with Crippen LogP contribution >= 0.6 is 12.2 Å². The highest BCUT2D eigenvalue weighted by atomic mass is 32.1. The molecule has 98 valence electrons. The van der Waals surface area contributed by atoms with E-state index in [4.69, 9.17) is 0 Å². The van der Waals surface area contributed by atoms with E-state index in [-0.39, 0.29) is 22.0 Å². The Morgan fingerprint density at radius 2 is 2.00 bits per heavy atom. The summed E-state index contributed by atoms with van der Waals surface area (Å²) in [6.07, 6.45) is 1.13. The monoisotopic (exact) mass is 280 g/mol. The second kappa shape index (κ2) is 5.44. The van der Waals surface area contributed by atoms with E-state index in [1.54, 1.807) is 0 Å². The Morgan fingerprint density at radius 3 is 2.63 bits per heavy atom. The molecule has 0 aliphatic heterocycles. The topological polar surface area (TPSA) is 93.3 Å². The van der Waals surface area contributed by atoms with Gasteiger partial charge in [0.15, 0.2) is 4.77 Å². The van der Waals surface area contributed by atoms with Gasteiger partial charge in [-0.15, -0.1) is 0 Å². The molecule has 2 rings (SSSR count). The van der Waals surface area contributed by atoms with Gasteiger partial charge in [-0.2, -0.15) is 5.10 Å². The number of aromatic nitrogens is 2. The van der Waals surface area contributed by atoms with Crippen molar-refractivity contribution < 1.29 is 9.50 Å². The molecule has 0 saturated carbocycles. The summed E-state index contributed by atoms with van der Waals surface area (Å²) in [5.41, 5.74) is 2.50. The molecule has 0 saturated heterocycles. The van der Waals surface area contributed by atoms with Crippen LogP contribution in [0.2, 0.25) is 0 Å². The smallest absolute Gasteiger partial charge is 0.264 e. The lowest BCUT2D eigenvalue weighted by Gasteiger charge is -2.00. The molecule has 8 heteroatoms. The van der Waals surface area contributed by atoms with Gasteiger partial charge in [-0.3, -0.25) is 15.2 Å². The molecule has 1 aromatic carbocycles. The van der Waals surface area contributed by atoms with Crippen molar-refractivity contribution in [1.29, 1.82) is 0 Å². The van der Waals surface area contributed by atoms with Gasteiger partial charge in [0.25, 0.3) is 5.56 Å². The SMILES string of the molecule is O=c1[nH]c(=S)[nH]c(O)c1/C=N/Nc1ccc(F)cc1. The molecule has 0 unspecified atom stereocenters. The molecule has 4 N–H and O–H groups in total. The maximum absolute atomic E-state index is 12.7. The number of benzene rings is 1. The van der Waals surface area contributed by atoms with E-state index < -0.39 is 5.56 Å². The molecule has 0 amide bonds. The zero-order valence-corrected chi connectivity index (χ0v) is 10.3. The number of nitrogens with one attached hydrogen (secondary N) is 3. The fraction of sp³-hybridized carbons (Fsp3) is 0. The second-order valence-corrected chi connectivity index (χ2v) is 3.96. The van der Waals surface area contributed by atoms with E-state index in [0.29, 0.717) is 5.69 Å². The molecule has 0 spiro atoms. The summed E-state index contributed by atoms with van der Waals surface area (Å²) < 4.78 is 12.7. The van der Waals surface area contributed by atoms with Crippen LogP contribution in [-0.4, -0.2) is 21.3 Å². The van der Waals surface area contributed by atoms with Crippen LogP contribution in [0.1, 0.15) is 5.56 Å². The van der Waals surface area contributed by atoms with Crippen molar-refractivity contribution in [3.63, 3.8) is 0 Å². The maximum Gasteiger partial charge on any atom is 0.264 e. The van der Waals surface area contributed by atoms with E-state index in [0.717, 1.165) is 6.21 Å². The number of halogens is 1. The lowest BCUT2D eigenvalue weighted by molar-refractivity contribution is 0.449. The zero-order chi connectivity index (χ0) is 13.8. The zero-order valence-electron chi connectivity index (χ0n) is 9.48. The predicted molar refractivity (Wildman–Crippen MR) is 71.5 cm³/mol. The summed E-state index contributed by atoms with van der Waals surface area (Å²) in [6, 6.07) is 5.49. The summed E-state index contributed by atoms with van der Waals surface area (Å²) in [5.74, 6) is -0.738. The molecular weight excluding hydrogens is 271 g/mol. The van der Waals surface area contributed by atoms with Crippen molar-refractivity contribution in [2.75, 3.05) is 5.43 Å². The van der Waals surface area contributed by atoms with Gasteiger partial charge in [0.2, 0.25) is 5.88 Å². The normalized spacial score (nSPS) is 10.8. The number of aromatic amines is 2. The molecule has 0 bridgehead atoms. The molecular formula is C11H9FN4O2S. The highest BCUT2D eigenvalue weighted by Crippen LogP contribution is 2.08. The van der Waals surface area contributed by atoms with Gasteiger partial charge in [-0.05, 0) is 36.5 Å². The van der Waals surface area contributed by atoms with Crippen LogP contribution < -0.4 is 11.0 Å². The summed E-state index contributed by atoms with van der Waals surface area (Å²) in [4.78, 5) is 16.2. The van der Waals surface area contributed by atoms with Crippen molar-refractivity contribution in [3.05, 3.63) is 50.8 Å². The van der Waals surface area contributed by atoms with Crippen LogP contribution in [0.4, 0.5) is 10.1 Å². The van der Waals surface area contributed by atoms with Crippen LogP contribution in [0.25, 0.3) is 0 Å². The highest BCUT2D eigenvalue weighted by Gasteiger charge is 2.03. The third kappa shape index (κ3) is 3.26. The van der Waals surface area contributed by atoms with Gasteiger partial charge in [0.1, 0.15) is 11.4 Å². The minimum atomic E-state index is -0.564. The highest BCUT2D eigenvalue weighted by molar-refractivity contribution is 7.71. The summed E-state index contributed by atoms with van der Waals surface area (Å²) in [5, 5.41) is 13.3. The van der Waals surface area contributed by atoms with Crippen molar-refractivity contribution in [2.24, 2.45) is 5.10 Å². The van der Waals surface area contributed by atoms with Crippen molar-refractivity contribution in [3.8, 4) is 5.88 Å². The van der Waals surface area contributed by atoms with Gasteiger partial charge in [0, 0.05) is 0 Å². The molecule has 2 aromatic rings. The van der Waals surface area contributed by atoms with Crippen molar-refractivity contribution in [1.82, 2.24) is 9.97 Å². The van der Waals surface area contributed by atoms with Gasteiger partial charge in [0.05, 0.1) is 11.9 Å². The lowest BCUT2D eigenvalue weighted by atomic mass is 10.3. The van der Waals surface area contributed by atoms with Crippen molar-refractivity contribution >= 4 is 24.1 Å². The number of hydrogen-bond donors (Lipinski definition) is 4. The minimum absolute atomic E-state index is 0.0196. The average molecular weight is 280 g/mol. The van der Waals surface area contributed by atoms with Crippen LogP contribution in [-0.2, 0) is 0 Å². The molecule has 1 aromatic heterocycles. The second-order valence-electron chi connectivity index (χ2n) is 3.55. The Bertz CT molecular complexity index is 721. The Labute approximate surface area is 111 Å². The lowest BCUT2D eigenvalue weighted by Crippen LogP contribution is -2.14. The van der Waals surface area contributed by atoms with Gasteiger partial charge in [-0.1, -0.05) is 0 Å². The van der Waals surface area contributed by atoms with Gasteiger partial charge < -0.3 is 10.1 Å². The summed E-state index contributed by atoms with van der Waals surface area (Å²) >= 11 is 4.68. The third-order valence-corrected chi connectivity index (χ3v) is 2.39. The minimum Gasteiger partial charge on any atom is -0.494 e. The van der Waals surface area contributed by atoms with Crippen molar-refractivity contribution in [2.45, 2.75) is 0 Å². The van der Waals surface area contributed by atoms with Gasteiger partial charge in [-0.25, -0.2) is 4.39 Å². The number of H-pyrrole nitrogens is 2. The third-order valence-electron chi connectivity index (χ3n) is 2.19. The fourth-order valence-corrected chi connectivity index (χ4v) is 1.49.